The van der Waals surface area contributed by atoms with Crippen LogP contribution in [0.1, 0.15) is 98.3 Å². The quantitative estimate of drug-likeness (QED) is 0.0257. The van der Waals surface area contributed by atoms with Crippen molar-refractivity contribution < 1.29 is 23.9 Å². The summed E-state index contributed by atoms with van der Waals surface area (Å²) in [4.78, 5) is 48.5. The predicted molar refractivity (Wildman–Crippen MR) is 216 cm³/mol. The van der Waals surface area contributed by atoms with E-state index in [1.54, 1.807) is 7.05 Å². The van der Waals surface area contributed by atoms with Crippen molar-refractivity contribution in [1.82, 2.24) is 26.6 Å². The lowest BCUT2D eigenvalue weighted by atomic mass is 9.57. The monoisotopic (exact) mass is 764 g/mol. The highest BCUT2D eigenvalue weighted by molar-refractivity contribution is 6.23. The molecule has 7 N–H and O–H groups in total. The maximum absolute atomic E-state index is 14.9. The number of Topliss-reactive ketones (excluding diaryl/α,β-unsaturated/α-hetero) is 2. The molecule has 0 aromatic rings. The Labute approximate surface area is 329 Å². The van der Waals surface area contributed by atoms with Gasteiger partial charge in [0.15, 0.2) is 23.1 Å². The molecule has 0 aromatic carbocycles. The molecule has 6 rings (SSSR count). The van der Waals surface area contributed by atoms with Gasteiger partial charge in [0.1, 0.15) is 0 Å². The number of ketones is 2. The highest BCUT2D eigenvalue weighted by Crippen LogP contribution is 2.62. The number of carbonyl (C=O) groups excluding carboxylic acids is 3. The Morgan fingerprint density at radius 2 is 1.96 bits per heavy atom. The summed E-state index contributed by atoms with van der Waals surface area (Å²) in [5.41, 5.74) is 5.18. The number of rotatable bonds is 16. The van der Waals surface area contributed by atoms with Gasteiger partial charge in [0.25, 0.3) is 5.60 Å². The van der Waals surface area contributed by atoms with E-state index in [-0.39, 0.29) is 54.7 Å². The number of nitrogens with two attached hydrogens (primary N) is 1. The second-order valence-electron chi connectivity index (χ2n) is 17.7. The van der Waals surface area contributed by atoms with Crippen molar-refractivity contribution in [3.63, 3.8) is 0 Å². The standard InChI is InChI=1S/C43H69N7O5/c1-7-47-34-22-29-12-9-8-11-28(29)21-32(34)24-54-40(53)43-39(52)37-31(19-26(2)3)13-10-14-33(37)38(51)42(43,55-43)17-15-27(4)20-35(50-41(44)46-6)30-16-18-48-36(23-30)49-25-45-5/h9,12,15,22,26,28,30-37,45,47-49H,7-8,10-11,13-14,16-21,23-25H2,1-6H3,(H3,44,46,50). The first-order valence-electron chi connectivity index (χ1n) is 21.3. The summed E-state index contributed by atoms with van der Waals surface area (Å²) in [6.07, 6.45) is 18.0. The van der Waals surface area contributed by atoms with Gasteiger partial charge >= 0.3 is 5.97 Å². The number of esters is 1. The van der Waals surface area contributed by atoms with Crippen molar-refractivity contribution in [1.29, 1.82) is 0 Å². The molecule has 2 saturated carbocycles. The van der Waals surface area contributed by atoms with Crippen LogP contribution in [0.25, 0.3) is 0 Å². The number of likely N-dealkylation sites (N-methyl/N-ethyl adjacent to an activating group) is 1. The van der Waals surface area contributed by atoms with E-state index < -0.39 is 29.0 Å². The lowest BCUT2D eigenvalue weighted by molar-refractivity contribution is -0.161. The molecule has 6 aliphatic rings. The first-order chi connectivity index (χ1) is 26.5. The third kappa shape index (κ3) is 8.68. The molecule has 2 heterocycles. The molecule has 0 amide bonds. The van der Waals surface area contributed by atoms with E-state index >= 15 is 0 Å². The third-order valence-corrected chi connectivity index (χ3v) is 13.5. The molecule has 0 aromatic heterocycles. The third-order valence-electron chi connectivity index (χ3n) is 13.5. The van der Waals surface area contributed by atoms with Gasteiger partial charge in [-0.25, -0.2) is 4.79 Å². The van der Waals surface area contributed by atoms with Gasteiger partial charge in [-0.1, -0.05) is 57.1 Å². The second kappa shape index (κ2) is 18.1. The molecule has 12 heteroatoms. The summed E-state index contributed by atoms with van der Waals surface area (Å²) in [5.74, 6) is -0.351. The van der Waals surface area contributed by atoms with Crippen molar-refractivity contribution in [3.8, 4) is 0 Å². The van der Waals surface area contributed by atoms with Gasteiger partial charge in [-0.15, -0.1) is 0 Å². The van der Waals surface area contributed by atoms with E-state index in [1.807, 2.05) is 20.0 Å². The molecule has 2 aliphatic heterocycles. The molecule has 11 unspecified atom stereocenters. The van der Waals surface area contributed by atoms with Crippen LogP contribution >= 0.6 is 0 Å². The smallest absolute Gasteiger partial charge is 0.350 e. The Morgan fingerprint density at radius 3 is 2.71 bits per heavy atom. The van der Waals surface area contributed by atoms with Gasteiger partial charge in [-0.3, -0.25) is 19.9 Å². The van der Waals surface area contributed by atoms with Crippen LogP contribution in [0, 0.1) is 41.4 Å². The highest BCUT2D eigenvalue weighted by atomic mass is 16.7. The van der Waals surface area contributed by atoms with E-state index in [0.29, 0.717) is 43.2 Å². The Hall–Kier alpha value is -2.90. The van der Waals surface area contributed by atoms with Crippen LogP contribution in [0.5, 0.6) is 0 Å². The van der Waals surface area contributed by atoms with Crippen LogP contribution in [0.3, 0.4) is 0 Å². The van der Waals surface area contributed by atoms with E-state index in [4.69, 9.17) is 15.2 Å². The van der Waals surface area contributed by atoms with Crippen molar-refractivity contribution in [2.45, 2.75) is 128 Å². The number of hydrogen-bond acceptors (Lipinski definition) is 10. The zero-order chi connectivity index (χ0) is 39.3. The number of nitrogens with zero attached hydrogens (tertiary/aromatic N) is 1. The molecule has 0 bridgehead atoms. The zero-order valence-electron chi connectivity index (χ0n) is 34.3. The minimum Gasteiger partial charge on any atom is -0.463 e. The van der Waals surface area contributed by atoms with Crippen molar-refractivity contribution in [2.75, 3.05) is 40.5 Å². The average Bonchev–Trinajstić information content (AvgIpc) is 3.89. The molecular formula is C43H69N7O5. The first kappa shape index (κ1) is 41.7. The van der Waals surface area contributed by atoms with Gasteiger partial charge in [0.2, 0.25) is 0 Å². The number of ether oxygens (including phenoxy) is 2. The fourth-order valence-electron chi connectivity index (χ4n) is 10.8. The van der Waals surface area contributed by atoms with Crippen LogP contribution in [0.2, 0.25) is 0 Å². The number of carbonyl (C=O) groups is 3. The maximum Gasteiger partial charge on any atom is 0.350 e. The molecule has 12 nitrogen and oxygen atoms in total. The normalized spacial score (nSPS) is 36.7. The summed E-state index contributed by atoms with van der Waals surface area (Å²) in [6, 6.07) is 0.0649. The number of guanidine groups is 1. The minimum absolute atomic E-state index is 0.00544. The van der Waals surface area contributed by atoms with Crippen LogP contribution in [-0.4, -0.2) is 93.4 Å². The fraction of sp³-hybridized carbons (Fsp3) is 0.767. The van der Waals surface area contributed by atoms with Crippen LogP contribution < -0.4 is 32.3 Å². The average molecular weight is 764 g/mol. The second-order valence-corrected chi connectivity index (χ2v) is 17.7. The Balaban J connectivity index is 1.24. The van der Waals surface area contributed by atoms with Crippen molar-refractivity contribution >= 4 is 23.5 Å². The topological polar surface area (TPSA) is 171 Å². The Kier molecular flexibility index (Phi) is 13.8. The molecule has 4 fully saturated rings. The van der Waals surface area contributed by atoms with E-state index in [9.17, 15) is 14.4 Å². The summed E-state index contributed by atoms with van der Waals surface area (Å²) >= 11 is 0. The first-order valence-corrected chi connectivity index (χ1v) is 21.3. The van der Waals surface area contributed by atoms with Crippen LogP contribution in [0.4, 0.5) is 0 Å². The lowest BCUT2D eigenvalue weighted by Gasteiger charge is -2.42. The van der Waals surface area contributed by atoms with E-state index in [1.165, 1.54) is 5.57 Å². The van der Waals surface area contributed by atoms with Crippen molar-refractivity contribution in [3.05, 3.63) is 35.5 Å². The molecule has 306 valence electrons. The summed E-state index contributed by atoms with van der Waals surface area (Å²) in [6.45, 7) is 11.0. The van der Waals surface area contributed by atoms with E-state index in [0.717, 1.165) is 70.0 Å². The number of allylic oxidation sites excluding steroid dienone is 3. The van der Waals surface area contributed by atoms with Gasteiger partial charge in [0.05, 0.1) is 12.8 Å². The fourth-order valence-corrected chi connectivity index (χ4v) is 10.8. The van der Waals surface area contributed by atoms with Crippen molar-refractivity contribution in [2.24, 2.45) is 52.2 Å². The summed E-state index contributed by atoms with van der Waals surface area (Å²) in [5, 5.41) is 17.3. The number of fused-ring (bicyclic) bond motifs is 3. The Bertz CT molecular complexity index is 1530. The number of piperidine rings is 1. The van der Waals surface area contributed by atoms with Gasteiger partial charge in [-0.05, 0) is 114 Å². The van der Waals surface area contributed by atoms with E-state index in [2.05, 4.69) is 70.6 Å². The Morgan fingerprint density at radius 1 is 1.15 bits per heavy atom. The minimum atomic E-state index is -1.90. The molecule has 2 saturated heterocycles. The number of epoxide rings is 1. The maximum atomic E-state index is 14.9. The van der Waals surface area contributed by atoms with Crippen LogP contribution in [-0.2, 0) is 23.9 Å². The highest BCUT2D eigenvalue weighted by Gasteiger charge is 2.87. The summed E-state index contributed by atoms with van der Waals surface area (Å²) < 4.78 is 12.7. The number of hydrogen-bond donors (Lipinski definition) is 6. The molecule has 55 heavy (non-hydrogen) atoms. The number of aliphatic imine (C=N–C) groups is 1. The summed E-state index contributed by atoms with van der Waals surface area (Å²) in [7, 11) is 3.60. The van der Waals surface area contributed by atoms with Gasteiger partial charge in [-0.2, -0.15) is 0 Å². The molecular weight excluding hydrogens is 695 g/mol. The SMILES string of the molecule is CCNC1C=C2C=CCCC2CC1COC(=O)C12OC1(CC=C(C)CC(NC(N)=NC)C1CCNC(NCNC)C1)C(=O)C1CCCC(CC(C)C)C1C2=O. The largest absolute Gasteiger partial charge is 0.463 e. The van der Waals surface area contributed by atoms with Gasteiger partial charge < -0.3 is 36.5 Å². The lowest BCUT2D eigenvalue weighted by Crippen LogP contribution is -2.60. The predicted octanol–water partition coefficient (Wildman–Crippen LogP) is 3.88. The zero-order valence-corrected chi connectivity index (χ0v) is 34.3. The number of nitrogens with one attached hydrogen (secondary N) is 5. The molecule has 11 atom stereocenters. The molecule has 4 aliphatic carbocycles. The van der Waals surface area contributed by atoms with Gasteiger partial charge in [0, 0.05) is 50.0 Å². The molecule has 0 radical (unpaired) electrons. The van der Waals surface area contributed by atoms with Crippen LogP contribution in [0.15, 0.2) is 40.4 Å². The molecule has 0 spiro atoms.